The third-order valence-corrected chi connectivity index (χ3v) is 2.60. The van der Waals surface area contributed by atoms with Crippen molar-refractivity contribution < 1.29 is 4.42 Å². The van der Waals surface area contributed by atoms with Crippen molar-refractivity contribution in [2.24, 2.45) is 0 Å². The van der Waals surface area contributed by atoms with Crippen LogP contribution in [-0.4, -0.2) is 0 Å². The Kier molecular flexibility index (Phi) is 2.25. The Hall–Kier alpha value is -1.00. The van der Waals surface area contributed by atoms with E-state index in [0.717, 1.165) is 0 Å². The summed E-state index contributed by atoms with van der Waals surface area (Å²) in [4.78, 5) is 11.0. The summed E-state index contributed by atoms with van der Waals surface area (Å²) in [5.41, 5.74) is 5.96. The highest BCUT2D eigenvalue weighted by atomic mass is 79.9. The molecule has 2 aromatic rings. The van der Waals surface area contributed by atoms with E-state index in [1.54, 1.807) is 12.1 Å². The summed E-state index contributed by atoms with van der Waals surface area (Å²) in [6, 6.07) is 4.53. The van der Waals surface area contributed by atoms with Gasteiger partial charge in [-0.25, -0.2) is 4.79 Å². The molecule has 0 aliphatic heterocycles. The van der Waals surface area contributed by atoms with Gasteiger partial charge < -0.3 is 10.2 Å². The fourth-order valence-corrected chi connectivity index (χ4v) is 2.10. The first-order valence-electron chi connectivity index (χ1n) is 3.76. The molecule has 1 heterocycles. The molecule has 0 saturated heterocycles. The SMILES string of the molecule is Nc1cc(=O)oc2c(Br)cc(Cl)cc12. The number of rotatable bonds is 0. The van der Waals surface area contributed by atoms with Gasteiger partial charge in [-0.2, -0.15) is 0 Å². The van der Waals surface area contributed by atoms with Gasteiger partial charge in [0, 0.05) is 22.2 Å². The molecular formula is C9H5BrClNO2. The molecule has 14 heavy (non-hydrogen) atoms. The molecule has 0 aliphatic carbocycles. The highest BCUT2D eigenvalue weighted by molar-refractivity contribution is 9.10. The maximum absolute atomic E-state index is 11.0. The van der Waals surface area contributed by atoms with Crippen LogP contribution in [0.25, 0.3) is 11.0 Å². The second kappa shape index (κ2) is 3.29. The molecule has 0 fully saturated rings. The molecular weight excluding hydrogens is 269 g/mol. The van der Waals surface area contributed by atoms with Gasteiger partial charge in [0.25, 0.3) is 0 Å². The van der Waals surface area contributed by atoms with Crippen LogP contribution in [-0.2, 0) is 0 Å². The molecule has 3 nitrogen and oxygen atoms in total. The summed E-state index contributed by atoms with van der Waals surface area (Å²) in [6.45, 7) is 0. The second-order valence-corrected chi connectivity index (χ2v) is 4.08. The Morgan fingerprint density at radius 3 is 2.79 bits per heavy atom. The molecule has 0 aliphatic rings. The van der Waals surface area contributed by atoms with Gasteiger partial charge in [-0.15, -0.1) is 0 Å². The first-order chi connectivity index (χ1) is 6.58. The average molecular weight is 275 g/mol. The molecule has 0 unspecified atom stereocenters. The van der Waals surface area contributed by atoms with Crippen LogP contribution >= 0.6 is 27.5 Å². The van der Waals surface area contributed by atoms with Crippen LogP contribution < -0.4 is 11.4 Å². The summed E-state index contributed by atoms with van der Waals surface area (Å²) in [7, 11) is 0. The van der Waals surface area contributed by atoms with Crippen LogP contribution in [0.2, 0.25) is 5.02 Å². The van der Waals surface area contributed by atoms with Gasteiger partial charge in [0.1, 0.15) is 0 Å². The monoisotopic (exact) mass is 273 g/mol. The normalized spacial score (nSPS) is 10.7. The maximum Gasteiger partial charge on any atom is 0.338 e. The minimum Gasteiger partial charge on any atom is -0.421 e. The zero-order valence-corrected chi connectivity index (χ0v) is 9.22. The Balaban J connectivity index is 3.01. The molecule has 2 N–H and O–H groups in total. The number of anilines is 1. The van der Waals surface area contributed by atoms with Gasteiger partial charge in [-0.05, 0) is 28.1 Å². The van der Waals surface area contributed by atoms with Gasteiger partial charge in [0.2, 0.25) is 0 Å². The van der Waals surface area contributed by atoms with Crippen LogP contribution in [0, 0.1) is 0 Å². The molecule has 0 spiro atoms. The Morgan fingerprint density at radius 2 is 2.07 bits per heavy atom. The minimum atomic E-state index is -0.474. The molecule has 0 bridgehead atoms. The highest BCUT2D eigenvalue weighted by Crippen LogP contribution is 2.30. The topological polar surface area (TPSA) is 56.2 Å². The van der Waals surface area contributed by atoms with Gasteiger partial charge in [0.05, 0.1) is 4.47 Å². The second-order valence-electron chi connectivity index (χ2n) is 2.79. The van der Waals surface area contributed by atoms with Gasteiger partial charge in [-0.3, -0.25) is 0 Å². The molecule has 1 aromatic carbocycles. The fourth-order valence-electron chi connectivity index (χ4n) is 1.21. The maximum atomic E-state index is 11.0. The summed E-state index contributed by atoms with van der Waals surface area (Å²) in [6.07, 6.45) is 0. The predicted molar refractivity (Wildman–Crippen MR) is 59.6 cm³/mol. The number of nitrogen functional groups attached to an aromatic ring is 1. The van der Waals surface area contributed by atoms with E-state index < -0.39 is 5.63 Å². The Morgan fingerprint density at radius 1 is 1.36 bits per heavy atom. The average Bonchev–Trinajstić information content (AvgIpc) is 2.07. The van der Waals surface area contributed by atoms with Gasteiger partial charge in [-0.1, -0.05) is 11.6 Å². The van der Waals surface area contributed by atoms with Crippen molar-refractivity contribution in [2.45, 2.75) is 0 Å². The zero-order chi connectivity index (χ0) is 10.3. The van der Waals surface area contributed by atoms with Crippen molar-refractivity contribution in [3.63, 3.8) is 0 Å². The van der Waals surface area contributed by atoms with Gasteiger partial charge >= 0.3 is 5.63 Å². The summed E-state index contributed by atoms with van der Waals surface area (Å²) < 4.78 is 5.60. The number of hydrogen-bond donors (Lipinski definition) is 1. The molecule has 1 aromatic heterocycles. The summed E-state index contributed by atoms with van der Waals surface area (Å²) in [5, 5.41) is 1.16. The fraction of sp³-hybridized carbons (Fsp3) is 0. The zero-order valence-electron chi connectivity index (χ0n) is 6.88. The molecule has 0 radical (unpaired) electrons. The van der Waals surface area contributed by atoms with Crippen LogP contribution in [0.3, 0.4) is 0 Å². The van der Waals surface area contributed by atoms with E-state index in [4.69, 9.17) is 21.8 Å². The third-order valence-electron chi connectivity index (χ3n) is 1.80. The lowest BCUT2D eigenvalue weighted by Gasteiger charge is -2.02. The number of halogens is 2. The molecule has 0 amide bonds. The largest absolute Gasteiger partial charge is 0.421 e. The first kappa shape index (κ1) is 9.55. The molecule has 0 atom stereocenters. The number of fused-ring (bicyclic) bond motifs is 1. The summed E-state index contributed by atoms with van der Waals surface area (Å²) >= 11 is 9.07. The Labute approximate surface area is 92.6 Å². The molecule has 72 valence electrons. The van der Waals surface area contributed by atoms with Crippen molar-refractivity contribution in [3.05, 3.63) is 38.1 Å². The third kappa shape index (κ3) is 1.51. The number of benzene rings is 1. The van der Waals surface area contributed by atoms with Crippen molar-refractivity contribution in [1.29, 1.82) is 0 Å². The van der Waals surface area contributed by atoms with Crippen molar-refractivity contribution in [2.75, 3.05) is 5.73 Å². The van der Waals surface area contributed by atoms with Crippen molar-refractivity contribution in [3.8, 4) is 0 Å². The van der Waals surface area contributed by atoms with Gasteiger partial charge in [0.15, 0.2) is 5.58 Å². The number of hydrogen-bond acceptors (Lipinski definition) is 3. The number of nitrogens with two attached hydrogens (primary N) is 1. The molecule has 5 heteroatoms. The van der Waals surface area contributed by atoms with E-state index in [1.807, 2.05) is 0 Å². The lowest BCUT2D eigenvalue weighted by molar-refractivity contribution is 0.560. The summed E-state index contributed by atoms with van der Waals surface area (Å²) in [5.74, 6) is 0. The van der Waals surface area contributed by atoms with E-state index in [9.17, 15) is 4.79 Å². The quantitative estimate of drug-likeness (QED) is 0.752. The Bertz CT molecular complexity index is 564. The lowest BCUT2D eigenvalue weighted by Crippen LogP contribution is -2.00. The van der Waals surface area contributed by atoms with Crippen LogP contribution in [0.15, 0.2) is 31.9 Å². The lowest BCUT2D eigenvalue weighted by atomic mass is 10.2. The van der Waals surface area contributed by atoms with Crippen molar-refractivity contribution in [1.82, 2.24) is 0 Å². The van der Waals surface area contributed by atoms with Crippen LogP contribution in [0.5, 0.6) is 0 Å². The first-order valence-corrected chi connectivity index (χ1v) is 4.93. The smallest absolute Gasteiger partial charge is 0.338 e. The van der Waals surface area contributed by atoms with Crippen LogP contribution in [0.1, 0.15) is 0 Å². The van der Waals surface area contributed by atoms with E-state index in [-0.39, 0.29) is 0 Å². The molecule has 0 saturated carbocycles. The molecule has 2 rings (SSSR count). The van der Waals surface area contributed by atoms with E-state index in [1.165, 1.54) is 6.07 Å². The van der Waals surface area contributed by atoms with E-state index in [0.29, 0.717) is 26.2 Å². The van der Waals surface area contributed by atoms with Crippen LogP contribution in [0.4, 0.5) is 5.69 Å². The standard InChI is InChI=1S/C9H5BrClNO2/c10-6-2-4(11)1-5-7(12)3-8(13)14-9(5)6/h1-3H,12H2. The minimum absolute atomic E-state index is 0.361. The van der Waals surface area contributed by atoms with E-state index >= 15 is 0 Å². The predicted octanol–water partition coefficient (Wildman–Crippen LogP) is 2.79. The highest BCUT2D eigenvalue weighted by Gasteiger charge is 2.07. The van der Waals surface area contributed by atoms with E-state index in [2.05, 4.69) is 15.9 Å². The van der Waals surface area contributed by atoms with Crippen molar-refractivity contribution >= 4 is 44.2 Å².